The molecule has 2 aromatic rings. The van der Waals surface area contributed by atoms with Crippen LogP contribution in [0.2, 0.25) is 0 Å². The van der Waals surface area contributed by atoms with Crippen LogP contribution in [0.3, 0.4) is 0 Å². The van der Waals surface area contributed by atoms with E-state index in [1.165, 1.54) is 23.1 Å². The maximum Gasteiger partial charge on any atom is 0.262 e. The Morgan fingerprint density at radius 3 is 2.71 bits per heavy atom. The Hall–Kier alpha value is -2.29. The molecule has 0 aromatic heterocycles. The Morgan fingerprint density at radius 2 is 1.92 bits per heavy atom. The number of amides is 1. The SMILES string of the molecule is Cc1ccc(C(C)C)cc1OCC(=O)Nc1ccc2c(c1)CCC2. The van der Waals surface area contributed by atoms with Gasteiger partial charge in [0.1, 0.15) is 5.75 Å². The van der Waals surface area contributed by atoms with Crippen molar-refractivity contribution in [2.45, 2.75) is 46.0 Å². The number of fused-ring (bicyclic) bond motifs is 1. The largest absolute Gasteiger partial charge is 0.483 e. The van der Waals surface area contributed by atoms with Crippen molar-refractivity contribution in [3.05, 3.63) is 58.7 Å². The smallest absolute Gasteiger partial charge is 0.262 e. The fourth-order valence-corrected chi connectivity index (χ4v) is 3.12. The van der Waals surface area contributed by atoms with Crippen LogP contribution in [0.25, 0.3) is 0 Å². The normalized spacial score (nSPS) is 13.0. The van der Waals surface area contributed by atoms with Crippen molar-refractivity contribution in [2.75, 3.05) is 11.9 Å². The van der Waals surface area contributed by atoms with Crippen LogP contribution in [-0.2, 0) is 17.6 Å². The average molecular weight is 323 g/mol. The molecule has 0 saturated heterocycles. The van der Waals surface area contributed by atoms with Crippen LogP contribution in [0, 0.1) is 6.92 Å². The Labute approximate surface area is 144 Å². The molecule has 0 saturated carbocycles. The summed E-state index contributed by atoms with van der Waals surface area (Å²) in [7, 11) is 0. The summed E-state index contributed by atoms with van der Waals surface area (Å²) < 4.78 is 5.74. The summed E-state index contributed by atoms with van der Waals surface area (Å²) in [5, 5.41) is 2.93. The molecule has 1 amide bonds. The minimum Gasteiger partial charge on any atom is -0.483 e. The van der Waals surface area contributed by atoms with Crippen LogP contribution in [0.4, 0.5) is 5.69 Å². The monoisotopic (exact) mass is 323 g/mol. The topological polar surface area (TPSA) is 38.3 Å². The van der Waals surface area contributed by atoms with Gasteiger partial charge in [-0.2, -0.15) is 0 Å². The zero-order chi connectivity index (χ0) is 17.1. The first-order valence-corrected chi connectivity index (χ1v) is 8.68. The summed E-state index contributed by atoms with van der Waals surface area (Å²) in [6, 6.07) is 12.4. The molecule has 3 rings (SSSR count). The molecule has 126 valence electrons. The number of hydrogen-bond donors (Lipinski definition) is 1. The molecule has 0 aliphatic heterocycles. The number of ether oxygens (including phenoxy) is 1. The second kappa shape index (κ2) is 7.08. The Bertz CT molecular complexity index is 749. The lowest BCUT2D eigenvalue weighted by Crippen LogP contribution is -2.20. The van der Waals surface area contributed by atoms with Crippen molar-refractivity contribution in [3.8, 4) is 5.75 Å². The van der Waals surface area contributed by atoms with Crippen LogP contribution in [0.5, 0.6) is 5.75 Å². The van der Waals surface area contributed by atoms with Gasteiger partial charge in [-0.25, -0.2) is 0 Å². The van der Waals surface area contributed by atoms with Crippen molar-refractivity contribution in [3.63, 3.8) is 0 Å². The second-order valence-electron chi connectivity index (χ2n) is 6.85. The van der Waals surface area contributed by atoms with Gasteiger partial charge < -0.3 is 10.1 Å². The van der Waals surface area contributed by atoms with Gasteiger partial charge in [0.25, 0.3) is 5.91 Å². The van der Waals surface area contributed by atoms with Crippen LogP contribution >= 0.6 is 0 Å². The van der Waals surface area contributed by atoms with Gasteiger partial charge >= 0.3 is 0 Å². The molecule has 2 aromatic carbocycles. The Kier molecular flexibility index (Phi) is 4.89. The summed E-state index contributed by atoms with van der Waals surface area (Å²) in [6.07, 6.45) is 3.47. The predicted octanol–water partition coefficient (Wildman–Crippen LogP) is 4.62. The minimum absolute atomic E-state index is 0.0273. The molecule has 0 fully saturated rings. The third-order valence-corrected chi connectivity index (χ3v) is 4.62. The molecule has 1 aliphatic rings. The molecule has 0 heterocycles. The highest BCUT2D eigenvalue weighted by Gasteiger charge is 2.12. The van der Waals surface area contributed by atoms with Crippen molar-refractivity contribution in [1.82, 2.24) is 0 Å². The van der Waals surface area contributed by atoms with E-state index in [4.69, 9.17) is 4.74 Å². The van der Waals surface area contributed by atoms with Gasteiger partial charge in [-0.15, -0.1) is 0 Å². The standard InChI is InChI=1S/C21H25NO2/c1-14(2)17-8-7-15(3)20(12-17)24-13-21(23)22-19-10-9-16-5-4-6-18(16)11-19/h7-12,14H,4-6,13H2,1-3H3,(H,22,23). The molecule has 0 radical (unpaired) electrons. The van der Waals surface area contributed by atoms with Crippen LogP contribution in [0.1, 0.15) is 48.4 Å². The lowest BCUT2D eigenvalue weighted by molar-refractivity contribution is -0.118. The number of rotatable bonds is 5. The summed E-state index contributed by atoms with van der Waals surface area (Å²) >= 11 is 0. The Morgan fingerprint density at radius 1 is 1.12 bits per heavy atom. The fourth-order valence-electron chi connectivity index (χ4n) is 3.12. The Balaban J connectivity index is 1.61. The molecule has 1 aliphatic carbocycles. The number of benzene rings is 2. The average Bonchev–Trinajstić information content (AvgIpc) is 3.01. The van der Waals surface area contributed by atoms with E-state index >= 15 is 0 Å². The van der Waals surface area contributed by atoms with Gasteiger partial charge in [0.15, 0.2) is 6.61 Å². The second-order valence-corrected chi connectivity index (χ2v) is 6.85. The third-order valence-electron chi connectivity index (χ3n) is 4.62. The number of nitrogens with one attached hydrogen (secondary N) is 1. The van der Waals surface area contributed by atoms with Gasteiger partial charge in [0.05, 0.1) is 0 Å². The molecule has 3 heteroatoms. The van der Waals surface area contributed by atoms with E-state index in [0.717, 1.165) is 29.8 Å². The predicted molar refractivity (Wildman–Crippen MR) is 97.9 cm³/mol. The van der Waals surface area contributed by atoms with E-state index < -0.39 is 0 Å². The maximum atomic E-state index is 12.2. The maximum absolute atomic E-state index is 12.2. The zero-order valence-electron chi connectivity index (χ0n) is 14.7. The minimum atomic E-state index is -0.123. The van der Waals surface area contributed by atoms with E-state index in [0.29, 0.717) is 5.92 Å². The number of hydrogen-bond acceptors (Lipinski definition) is 2. The number of aryl methyl sites for hydroxylation is 3. The molecule has 0 atom stereocenters. The molecule has 0 unspecified atom stereocenters. The first-order valence-electron chi connectivity index (χ1n) is 8.68. The van der Waals surface area contributed by atoms with Crippen molar-refractivity contribution in [2.24, 2.45) is 0 Å². The quantitative estimate of drug-likeness (QED) is 0.871. The summed E-state index contributed by atoms with van der Waals surface area (Å²) in [4.78, 5) is 12.2. The summed E-state index contributed by atoms with van der Waals surface area (Å²) in [6.45, 7) is 6.32. The molecular weight excluding hydrogens is 298 g/mol. The van der Waals surface area contributed by atoms with E-state index in [2.05, 4.69) is 37.4 Å². The van der Waals surface area contributed by atoms with E-state index in [9.17, 15) is 4.79 Å². The molecule has 1 N–H and O–H groups in total. The summed E-state index contributed by atoms with van der Waals surface area (Å²) in [5.74, 6) is 1.10. The first kappa shape index (κ1) is 16.6. The number of carbonyl (C=O) groups is 1. The van der Waals surface area contributed by atoms with Gasteiger partial charge in [0, 0.05) is 5.69 Å². The lowest BCUT2D eigenvalue weighted by Gasteiger charge is -2.13. The zero-order valence-corrected chi connectivity index (χ0v) is 14.7. The fraction of sp³-hybridized carbons (Fsp3) is 0.381. The molecular formula is C21H25NO2. The van der Waals surface area contributed by atoms with Gasteiger partial charge in [-0.05, 0) is 72.6 Å². The molecule has 0 bridgehead atoms. The van der Waals surface area contributed by atoms with Crippen LogP contribution in [0.15, 0.2) is 36.4 Å². The molecule has 0 spiro atoms. The van der Waals surface area contributed by atoms with Crippen LogP contribution in [-0.4, -0.2) is 12.5 Å². The third kappa shape index (κ3) is 3.78. The van der Waals surface area contributed by atoms with E-state index in [1.807, 2.05) is 25.1 Å². The lowest BCUT2D eigenvalue weighted by atomic mass is 10.0. The van der Waals surface area contributed by atoms with Gasteiger partial charge in [-0.1, -0.05) is 32.0 Å². The van der Waals surface area contributed by atoms with Gasteiger partial charge in [0.2, 0.25) is 0 Å². The number of carbonyl (C=O) groups excluding carboxylic acids is 1. The van der Waals surface area contributed by atoms with Gasteiger partial charge in [-0.3, -0.25) is 4.79 Å². The first-order chi connectivity index (χ1) is 11.5. The van der Waals surface area contributed by atoms with Crippen LogP contribution < -0.4 is 10.1 Å². The van der Waals surface area contributed by atoms with E-state index in [1.54, 1.807) is 0 Å². The number of anilines is 1. The highest BCUT2D eigenvalue weighted by atomic mass is 16.5. The highest BCUT2D eigenvalue weighted by Crippen LogP contribution is 2.26. The molecule has 3 nitrogen and oxygen atoms in total. The highest BCUT2D eigenvalue weighted by molar-refractivity contribution is 5.92. The van der Waals surface area contributed by atoms with E-state index in [-0.39, 0.29) is 12.5 Å². The van der Waals surface area contributed by atoms with Crippen molar-refractivity contribution in [1.29, 1.82) is 0 Å². The molecule has 24 heavy (non-hydrogen) atoms. The van der Waals surface area contributed by atoms with Crippen molar-refractivity contribution >= 4 is 11.6 Å². The summed E-state index contributed by atoms with van der Waals surface area (Å²) in [5.41, 5.74) is 5.89. The van der Waals surface area contributed by atoms with Crippen molar-refractivity contribution < 1.29 is 9.53 Å².